The number of carboxylic acid groups (broad SMARTS) is 1. The molecule has 0 aliphatic carbocycles. The van der Waals surface area contributed by atoms with Crippen molar-refractivity contribution in [3.8, 4) is 0 Å². The molecule has 2 aliphatic heterocycles. The quantitative estimate of drug-likeness (QED) is 0.784. The fraction of sp³-hybridized carbons (Fsp3) is 0.857. The number of carboxylic acids is 1. The van der Waals surface area contributed by atoms with Gasteiger partial charge in [0, 0.05) is 12.6 Å². The van der Waals surface area contributed by atoms with Crippen molar-refractivity contribution in [2.24, 2.45) is 5.92 Å². The SMILES string of the molecule is CCNC1COCC1C(=O)N1CCCCC1(C)C(=O)O. The van der Waals surface area contributed by atoms with Gasteiger partial charge >= 0.3 is 5.97 Å². The summed E-state index contributed by atoms with van der Waals surface area (Å²) in [4.78, 5) is 25.9. The Labute approximate surface area is 119 Å². The Morgan fingerprint density at radius 2 is 2.15 bits per heavy atom. The topological polar surface area (TPSA) is 78.9 Å². The van der Waals surface area contributed by atoms with Crippen molar-refractivity contribution in [2.45, 2.75) is 44.7 Å². The molecule has 2 rings (SSSR count). The van der Waals surface area contributed by atoms with Crippen LogP contribution in [0.25, 0.3) is 0 Å². The summed E-state index contributed by atoms with van der Waals surface area (Å²) in [6.07, 6.45) is 2.24. The molecule has 0 saturated carbocycles. The molecule has 3 atom stereocenters. The molecule has 0 bridgehead atoms. The number of hydrogen-bond acceptors (Lipinski definition) is 4. The standard InChI is InChI=1S/C14H24N2O4/c1-3-15-11-9-20-8-10(11)12(17)16-7-5-4-6-14(16,2)13(18)19/h10-11,15H,3-9H2,1-2H3,(H,18,19). The number of carbonyl (C=O) groups is 2. The van der Waals surface area contributed by atoms with Crippen LogP contribution in [0.1, 0.15) is 33.1 Å². The number of hydrogen-bond donors (Lipinski definition) is 2. The molecule has 0 radical (unpaired) electrons. The van der Waals surface area contributed by atoms with Gasteiger partial charge in [0.15, 0.2) is 0 Å². The molecule has 6 nitrogen and oxygen atoms in total. The van der Waals surface area contributed by atoms with Crippen molar-refractivity contribution in [1.29, 1.82) is 0 Å². The van der Waals surface area contributed by atoms with E-state index < -0.39 is 11.5 Å². The van der Waals surface area contributed by atoms with Crippen LogP contribution in [0, 0.1) is 5.92 Å². The highest BCUT2D eigenvalue weighted by Gasteiger charge is 2.47. The third kappa shape index (κ3) is 2.67. The molecule has 2 aliphatic rings. The van der Waals surface area contributed by atoms with Crippen LogP contribution in [0.5, 0.6) is 0 Å². The molecule has 1 amide bonds. The normalized spacial score (nSPS) is 34.2. The largest absolute Gasteiger partial charge is 0.480 e. The number of rotatable bonds is 4. The Morgan fingerprint density at radius 1 is 1.40 bits per heavy atom. The van der Waals surface area contributed by atoms with Crippen LogP contribution >= 0.6 is 0 Å². The summed E-state index contributed by atoms with van der Waals surface area (Å²) in [5.74, 6) is -1.27. The monoisotopic (exact) mass is 284 g/mol. The molecule has 2 fully saturated rings. The maximum atomic E-state index is 12.7. The zero-order valence-electron chi connectivity index (χ0n) is 12.2. The van der Waals surface area contributed by atoms with Crippen LogP contribution in [0.3, 0.4) is 0 Å². The highest BCUT2D eigenvalue weighted by atomic mass is 16.5. The lowest BCUT2D eigenvalue weighted by atomic mass is 9.86. The number of nitrogens with one attached hydrogen (secondary N) is 1. The van der Waals surface area contributed by atoms with E-state index in [2.05, 4.69) is 5.32 Å². The van der Waals surface area contributed by atoms with Gasteiger partial charge in [0.25, 0.3) is 0 Å². The van der Waals surface area contributed by atoms with Gasteiger partial charge in [-0.1, -0.05) is 6.92 Å². The summed E-state index contributed by atoms with van der Waals surface area (Å²) in [7, 11) is 0. The third-order valence-electron chi connectivity index (χ3n) is 4.48. The fourth-order valence-electron chi connectivity index (χ4n) is 3.16. The van der Waals surface area contributed by atoms with Crippen LogP contribution in [0.2, 0.25) is 0 Å². The molecule has 0 spiro atoms. The predicted molar refractivity (Wildman–Crippen MR) is 73.4 cm³/mol. The highest BCUT2D eigenvalue weighted by molar-refractivity contribution is 5.88. The van der Waals surface area contributed by atoms with E-state index in [1.807, 2.05) is 6.92 Å². The van der Waals surface area contributed by atoms with E-state index >= 15 is 0 Å². The summed E-state index contributed by atoms with van der Waals surface area (Å²) >= 11 is 0. The molecule has 2 N–H and O–H groups in total. The maximum absolute atomic E-state index is 12.7. The summed E-state index contributed by atoms with van der Waals surface area (Å²) in [5.41, 5.74) is -1.07. The summed E-state index contributed by atoms with van der Waals surface area (Å²) in [6, 6.07) is -0.00697. The Morgan fingerprint density at radius 3 is 2.80 bits per heavy atom. The van der Waals surface area contributed by atoms with Crippen molar-refractivity contribution in [3.05, 3.63) is 0 Å². The molecule has 2 heterocycles. The minimum absolute atomic E-state index is 0.00697. The van der Waals surface area contributed by atoms with Crippen molar-refractivity contribution >= 4 is 11.9 Å². The van der Waals surface area contributed by atoms with Gasteiger partial charge in [-0.3, -0.25) is 4.79 Å². The smallest absolute Gasteiger partial charge is 0.329 e. The van der Waals surface area contributed by atoms with Crippen LogP contribution < -0.4 is 5.32 Å². The first-order valence-corrected chi connectivity index (χ1v) is 7.36. The van der Waals surface area contributed by atoms with E-state index in [4.69, 9.17) is 4.74 Å². The second-order valence-corrected chi connectivity index (χ2v) is 5.83. The number of likely N-dealkylation sites (N-methyl/N-ethyl adjacent to an activating group) is 1. The lowest BCUT2D eigenvalue weighted by Gasteiger charge is -2.43. The molecule has 0 aromatic rings. The minimum atomic E-state index is -1.07. The predicted octanol–water partition coefficient (Wildman–Crippen LogP) is 0.467. The zero-order chi connectivity index (χ0) is 14.8. The average Bonchev–Trinajstić information content (AvgIpc) is 2.87. The molecule has 2 saturated heterocycles. The number of carbonyl (C=O) groups excluding carboxylic acids is 1. The molecule has 0 aromatic heterocycles. The fourth-order valence-corrected chi connectivity index (χ4v) is 3.16. The molecule has 20 heavy (non-hydrogen) atoms. The summed E-state index contributed by atoms with van der Waals surface area (Å²) in [5, 5.41) is 12.7. The summed E-state index contributed by atoms with van der Waals surface area (Å²) < 4.78 is 5.41. The van der Waals surface area contributed by atoms with Crippen LogP contribution in [-0.4, -0.2) is 59.8 Å². The Kier molecular flexibility index (Phi) is 4.65. The Hall–Kier alpha value is -1.14. The van der Waals surface area contributed by atoms with Crippen molar-refractivity contribution < 1.29 is 19.4 Å². The number of ether oxygens (including phenoxy) is 1. The Balaban J connectivity index is 2.15. The first-order chi connectivity index (χ1) is 9.50. The molecule has 6 heteroatoms. The second kappa shape index (κ2) is 6.10. The maximum Gasteiger partial charge on any atom is 0.329 e. The van der Waals surface area contributed by atoms with E-state index in [1.165, 1.54) is 0 Å². The zero-order valence-corrected chi connectivity index (χ0v) is 12.2. The van der Waals surface area contributed by atoms with Crippen molar-refractivity contribution in [2.75, 3.05) is 26.3 Å². The number of aliphatic carboxylic acids is 1. The molecule has 114 valence electrons. The van der Waals surface area contributed by atoms with Gasteiger partial charge in [-0.05, 0) is 32.7 Å². The molecular formula is C14H24N2O4. The number of nitrogens with zero attached hydrogens (tertiary/aromatic N) is 1. The highest BCUT2D eigenvalue weighted by Crippen LogP contribution is 2.31. The van der Waals surface area contributed by atoms with Gasteiger partial charge in [0.2, 0.25) is 5.91 Å². The molecule has 3 unspecified atom stereocenters. The number of likely N-dealkylation sites (tertiary alicyclic amines) is 1. The average molecular weight is 284 g/mol. The summed E-state index contributed by atoms with van der Waals surface area (Å²) in [6.45, 7) is 5.84. The first-order valence-electron chi connectivity index (χ1n) is 7.36. The first kappa shape index (κ1) is 15.3. The van der Waals surface area contributed by atoms with Gasteiger partial charge in [-0.2, -0.15) is 0 Å². The number of piperidine rings is 1. The van der Waals surface area contributed by atoms with Crippen LogP contribution in [0.4, 0.5) is 0 Å². The minimum Gasteiger partial charge on any atom is -0.480 e. The number of amides is 1. The van der Waals surface area contributed by atoms with E-state index in [0.717, 1.165) is 19.4 Å². The van der Waals surface area contributed by atoms with Crippen molar-refractivity contribution in [1.82, 2.24) is 10.2 Å². The lowest BCUT2D eigenvalue weighted by Crippen LogP contribution is -2.60. The van der Waals surface area contributed by atoms with E-state index in [1.54, 1.807) is 11.8 Å². The van der Waals surface area contributed by atoms with Crippen LogP contribution in [0.15, 0.2) is 0 Å². The molecule has 0 aromatic carbocycles. The van der Waals surface area contributed by atoms with Crippen molar-refractivity contribution in [3.63, 3.8) is 0 Å². The van der Waals surface area contributed by atoms with E-state index in [-0.39, 0.29) is 17.9 Å². The van der Waals surface area contributed by atoms with Gasteiger partial charge in [0.05, 0.1) is 19.1 Å². The van der Waals surface area contributed by atoms with Crippen LogP contribution in [-0.2, 0) is 14.3 Å². The van der Waals surface area contributed by atoms with Gasteiger partial charge in [-0.15, -0.1) is 0 Å². The molecular weight excluding hydrogens is 260 g/mol. The van der Waals surface area contributed by atoms with E-state index in [9.17, 15) is 14.7 Å². The van der Waals surface area contributed by atoms with E-state index in [0.29, 0.717) is 26.2 Å². The third-order valence-corrected chi connectivity index (χ3v) is 4.48. The second-order valence-electron chi connectivity index (χ2n) is 5.83. The van der Waals surface area contributed by atoms with Gasteiger partial charge < -0.3 is 20.1 Å². The van der Waals surface area contributed by atoms with Gasteiger partial charge in [-0.25, -0.2) is 4.79 Å². The Bertz CT molecular complexity index is 387. The van der Waals surface area contributed by atoms with Gasteiger partial charge in [0.1, 0.15) is 5.54 Å². The lowest BCUT2D eigenvalue weighted by molar-refractivity contribution is -0.163.